The summed E-state index contributed by atoms with van der Waals surface area (Å²) in [5, 5.41) is 2.85. The van der Waals surface area contributed by atoms with Gasteiger partial charge in [0.2, 0.25) is 5.91 Å². The molecule has 3 heteroatoms. The highest BCUT2D eigenvalue weighted by atomic mass is 19.1. The SMILES string of the molecule is Cc1ccc(CC(=O)NCc2ccc(F)cc2)c(C)c1. The van der Waals surface area contributed by atoms with Crippen LogP contribution in [0.4, 0.5) is 4.39 Å². The van der Waals surface area contributed by atoms with Crippen LogP contribution in [0.15, 0.2) is 42.5 Å². The van der Waals surface area contributed by atoms with E-state index in [-0.39, 0.29) is 11.7 Å². The summed E-state index contributed by atoms with van der Waals surface area (Å²) in [6.07, 6.45) is 0.368. The Morgan fingerprint density at radius 2 is 1.80 bits per heavy atom. The number of halogens is 1. The number of amides is 1. The predicted molar refractivity (Wildman–Crippen MR) is 77.9 cm³/mol. The molecule has 0 fully saturated rings. The Hall–Kier alpha value is -2.16. The molecule has 0 spiro atoms. The lowest BCUT2D eigenvalue weighted by molar-refractivity contribution is -0.120. The molecule has 2 nitrogen and oxygen atoms in total. The highest BCUT2D eigenvalue weighted by molar-refractivity contribution is 5.78. The average Bonchev–Trinajstić information content (AvgIpc) is 2.41. The smallest absolute Gasteiger partial charge is 0.224 e. The zero-order chi connectivity index (χ0) is 14.5. The van der Waals surface area contributed by atoms with Gasteiger partial charge in [0.25, 0.3) is 0 Å². The Labute approximate surface area is 118 Å². The van der Waals surface area contributed by atoms with Crippen LogP contribution >= 0.6 is 0 Å². The predicted octanol–water partition coefficient (Wildman–Crippen LogP) is 3.30. The van der Waals surface area contributed by atoms with Crippen LogP contribution in [0.25, 0.3) is 0 Å². The van der Waals surface area contributed by atoms with Crippen molar-refractivity contribution >= 4 is 5.91 Å². The Morgan fingerprint density at radius 3 is 2.45 bits per heavy atom. The lowest BCUT2D eigenvalue weighted by Crippen LogP contribution is -2.24. The van der Waals surface area contributed by atoms with Gasteiger partial charge in [0.1, 0.15) is 5.82 Å². The van der Waals surface area contributed by atoms with Gasteiger partial charge in [-0.25, -0.2) is 4.39 Å². The number of rotatable bonds is 4. The zero-order valence-electron chi connectivity index (χ0n) is 11.7. The summed E-state index contributed by atoms with van der Waals surface area (Å²) in [5.41, 5.74) is 4.24. The van der Waals surface area contributed by atoms with E-state index in [1.54, 1.807) is 12.1 Å². The second kappa shape index (κ2) is 6.33. The minimum Gasteiger partial charge on any atom is -0.352 e. The second-order valence-electron chi connectivity index (χ2n) is 5.01. The van der Waals surface area contributed by atoms with Crippen LogP contribution in [-0.2, 0) is 17.8 Å². The summed E-state index contributed by atoms with van der Waals surface area (Å²) in [4.78, 5) is 11.9. The van der Waals surface area contributed by atoms with Crippen molar-refractivity contribution in [2.75, 3.05) is 0 Å². The molecule has 0 atom stereocenters. The summed E-state index contributed by atoms with van der Waals surface area (Å²) >= 11 is 0. The first-order chi connectivity index (χ1) is 9.54. The van der Waals surface area contributed by atoms with Gasteiger partial charge in [-0.05, 0) is 42.7 Å². The number of hydrogen-bond donors (Lipinski definition) is 1. The van der Waals surface area contributed by atoms with E-state index in [4.69, 9.17) is 0 Å². The molecule has 104 valence electrons. The van der Waals surface area contributed by atoms with Crippen molar-refractivity contribution in [2.45, 2.75) is 26.8 Å². The van der Waals surface area contributed by atoms with Gasteiger partial charge in [-0.2, -0.15) is 0 Å². The highest BCUT2D eigenvalue weighted by Gasteiger charge is 2.06. The molecule has 2 aromatic rings. The number of hydrogen-bond acceptors (Lipinski definition) is 1. The molecule has 0 unspecified atom stereocenters. The third-order valence-corrected chi connectivity index (χ3v) is 3.25. The van der Waals surface area contributed by atoms with Gasteiger partial charge in [0.05, 0.1) is 6.42 Å². The van der Waals surface area contributed by atoms with Gasteiger partial charge in [0.15, 0.2) is 0 Å². The molecule has 0 heterocycles. The van der Waals surface area contributed by atoms with E-state index < -0.39 is 0 Å². The summed E-state index contributed by atoms with van der Waals surface area (Å²) in [5.74, 6) is -0.295. The maximum absolute atomic E-state index is 12.8. The van der Waals surface area contributed by atoms with Gasteiger partial charge < -0.3 is 5.32 Å². The van der Waals surface area contributed by atoms with Crippen molar-refractivity contribution in [3.63, 3.8) is 0 Å². The first-order valence-electron chi connectivity index (χ1n) is 6.62. The molecule has 0 radical (unpaired) electrons. The second-order valence-corrected chi connectivity index (χ2v) is 5.01. The number of nitrogens with one attached hydrogen (secondary N) is 1. The molecule has 0 saturated heterocycles. The van der Waals surface area contributed by atoms with Crippen LogP contribution in [0.5, 0.6) is 0 Å². The van der Waals surface area contributed by atoms with E-state index in [9.17, 15) is 9.18 Å². The van der Waals surface area contributed by atoms with Crippen molar-refractivity contribution in [2.24, 2.45) is 0 Å². The fourth-order valence-electron chi connectivity index (χ4n) is 2.08. The molecule has 2 aromatic carbocycles. The highest BCUT2D eigenvalue weighted by Crippen LogP contribution is 2.11. The number of aryl methyl sites for hydroxylation is 2. The van der Waals surface area contributed by atoms with Crippen LogP contribution in [0.2, 0.25) is 0 Å². The fourth-order valence-corrected chi connectivity index (χ4v) is 2.08. The molecule has 0 aliphatic heterocycles. The summed E-state index contributed by atoms with van der Waals surface area (Å²) in [6.45, 7) is 4.46. The summed E-state index contributed by atoms with van der Waals surface area (Å²) in [7, 11) is 0. The Morgan fingerprint density at radius 1 is 1.10 bits per heavy atom. The van der Waals surface area contributed by atoms with E-state index in [2.05, 4.69) is 11.4 Å². The molecule has 1 N–H and O–H groups in total. The minimum atomic E-state index is -0.268. The quantitative estimate of drug-likeness (QED) is 0.908. The van der Waals surface area contributed by atoms with E-state index in [0.717, 1.165) is 16.7 Å². The maximum atomic E-state index is 12.8. The van der Waals surface area contributed by atoms with Crippen molar-refractivity contribution < 1.29 is 9.18 Å². The Kier molecular flexibility index (Phi) is 4.51. The number of benzene rings is 2. The van der Waals surface area contributed by atoms with Crippen LogP contribution < -0.4 is 5.32 Å². The first-order valence-corrected chi connectivity index (χ1v) is 6.62. The Balaban J connectivity index is 1.90. The maximum Gasteiger partial charge on any atom is 0.224 e. The van der Waals surface area contributed by atoms with Crippen LogP contribution in [0, 0.1) is 19.7 Å². The summed E-state index contributed by atoms with van der Waals surface area (Å²) < 4.78 is 12.8. The van der Waals surface area contributed by atoms with Gasteiger partial charge in [-0.1, -0.05) is 35.9 Å². The van der Waals surface area contributed by atoms with Gasteiger partial charge in [0, 0.05) is 6.54 Å². The topological polar surface area (TPSA) is 29.1 Å². The van der Waals surface area contributed by atoms with Gasteiger partial charge >= 0.3 is 0 Å². The van der Waals surface area contributed by atoms with E-state index in [1.165, 1.54) is 17.7 Å². The van der Waals surface area contributed by atoms with Crippen LogP contribution in [0.1, 0.15) is 22.3 Å². The molecular weight excluding hydrogens is 253 g/mol. The van der Waals surface area contributed by atoms with Crippen LogP contribution in [-0.4, -0.2) is 5.91 Å². The van der Waals surface area contributed by atoms with E-state index in [0.29, 0.717) is 13.0 Å². The normalized spacial score (nSPS) is 10.3. The molecule has 2 rings (SSSR count). The first kappa shape index (κ1) is 14.3. The van der Waals surface area contributed by atoms with Crippen LogP contribution in [0.3, 0.4) is 0 Å². The monoisotopic (exact) mass is 271 g/mol. The van der Waals surface area contributed by atoms with Gasteiger partial charge in [-0.3, -0.25) is 4.79 Å². The number of carbonyl (C=O) groups excluding carboxylic acids is 1. The van der Waals surface area contributed by atoms with Crippen molar-refractivity contribution in [1.29, 1.82) is 0 Å². The third kappa shape index (κ3) is 3.92. The molecule has 0 aliphatic carbocycles. The molecule has 0 saturated carbocycles. The lowest BCUT2D eigenvalue weighted by Gasteiger charge is -2.08. The molecule has 0 aromatic heterocycles. The van der Waals surface area contributed by atoms with E-state index >= 15 is 0 Å². The molecule has 0 aliphatic rings. The van der Waals surface area contributed by atoms with Gasteiger partial charge in [-0.15, -0.1) is 0 Å². The standard InChI is InChI=1S/C17H18FNO/c1-12-3-6-15(13(2)9-12)10-17(20)19-11-14-4-7-16(18)8-5-14/h3-9H,10-11H2,1-2H3,(H,19,20). The summed E-state index contributed by atoms with van der Waals surface area (Å²) in [6, 6.07) is 12.2. The molecule has 20 heavy (non-hydrogen) atoms. The molecule has 0 bridgehead atoms. The van der Waals surface area contributed by atoms with E-state index in [1.807, 2.05) is 26.0 Å². The minimum absolute atomic E-state index is 0.0266. The lowest BCUT2D eigenvalue weighted by atomic mass is 10.0. The average molecular weight is 271 g/mol. The van der Waals surface area contributed by atoms with Crippen molar-refractivity contribution in [1.82, 2.24) is 5.32 Å². The van der Waals surface area contributed by atoms with Crippen molar-refractivity contribution in [3.05, 3.63) is 70.5 Å². The third-order valence-electron chi connectivity index (χ3n) is 3.25. The molecular formula is C17H18FNO. The fraction of sp³-hybridized carbons (Fsp3) is 0.235. The largest absolute Gasteiger partial charge is 0.352 e. The molecule has 1 amide bonds. The number of carbonyl (C=O) groups is 1. The van der Waals surface area contributed by atoms with Crippen molar-refractivity contribution in [3.8, 4) is 0 Å². The zero-order valence-corrected chi connectivity index (χ0v) is 11.7. The Bertz CT molecular complexity index is 605.